The third-order valence-electron chi connectivity index (χ3n) is 7.58. The summed E-state index contributed by atoms with van der Waals surface area (Å²) in [6.45, 7) is 5.02. The SMILES string of the molecule is Cc1ccc(S(=O)(=O)N(C)C[C@H]2Oc3c(NC(=O)Nc4ccc(C(F)(F)F)cc4)cccc3C(=O)N([C@H](C)CO)C[C@@H]2C)cc1. The lowest BCUT2D eigenvalue weighted by Crippen LogP contribution is -2.50. The number of halogens is 3. The Bertz CT molecular complexity index is 1630. The summed E-state index contributed by atoms with van der Waals surface area (Å²) in [4.78, 5) is 28.2. The van der Waals surface area contributed by atoms with E-state index in [1.165, 1.54) is 42.3 Å². The van der Waals surface area contributed by atoms with Crippen LogP contribution in [0.4, 0.5) is 29.3 Å². The minimum Gasteiger partial charge on any atom is -0.486 e. The first kappa shape index (κ1) is 33.7. The lowest BCUT2D eigenvalue weighted by molar-refractivity contribution is -0.137. The number of aliphatic hydroxyl groups is 1. The van der Waals surface area contributed by atoms with Crippen LogP contribution in [-0.4, -0.2) is 73.6 Å². The van der Waals surface area contributed by atoms with E-state index in [0.717, 1.165) is 34.1 Å². The molecular weight excluding hydrogens is 613 g/mol. The van der Waals surface area contributed by atoms with Crippen LogP contribution < -0.4 is 15.4 Å². The van der Waals surface area contributed by atoms with Crippen molar-refractivity contribution in [1.29, 1.82) is 0 Å². The summed E-state index contributed by atoms with van der Waals surface area (Å²) in [7, 11) is -2.49. The van der Waals surface area contributed by atoms with Crippen LogP contribution in [-0.2, 0) is 16.2 Å². The van der Waals surface area contributed by atoms with Crippen LogP contribution in [0.1, 0.15) is 35.3 Å². The van der Waals surface area contributed by atoms with Gasteiger partial charge in [0.2, 0.25) is 10.0 Å². The lowest BCUT2D eigenvalue weighted by atomic mass is 9.99. The highest BCUT2D eigenvalue weighted by Crippen LogP contribution is 2.36. The number of aliphatic hydroxyl groups excluding tert-OH is 1. The van der Waals surface area contributed by atoms with Gasteiger partial charge in [0.25, 0.3) is 5.91 Å². The second kappa shape index (κ2) is 13.5. The van der Waals surface area contributed by atoms with Crippen molar-refractivity contribution < 1.29 is 41.0 Å². The van der Waals surface area contributed by atoms with Gasteiger partial charge in [-0.2, -0.15) is 17.5 Å². The third-order valence-corrected chi connectivity index (χ3v) is 9.41. The number of aryl methyl sites for hydroxylation is 1. The Morgan fingerprint density at radius 2 is 1.73 bits per heavy atom. The normalized spacial score (nSPS) is 18.0. The summed E-state index contributed by atoms with van der Waals surface area (Å²) >= 11 is 0. The van der Waals surface area contributed by atoms with Crippen LogP contribution in [0.15, 0.2) is 71.6 Å². The molecule has 3 aromatic rings. The number of nitrogens with one attached hydrogen (secondary N) is 2. The number of nitrogens with zero attached hydrogens (tertiary/aromatic N) is 2. The minimum absolute atomic E-state index is 0.0158. The molecular formula is C31H35F3N4O6S. The predicted octanol–water partition coefficient (Wildman–Crippen LogP) is 5.20. The van der Waals surface area contributed by atoms with Crippen LogP contribution in [0.5, 0.6) is 5.75 Å². The molecule has 0 saturated carbocycles. The second-order valence-corrected chi connectivity index (χ2v) is 13.1. The highest BCUT2D eigenvalue weighted by molar-refractivity contribution is 7.89. The monoisotopic (exact) mass is 648 g/mol. The number of carbonyl (C=O) groups excluding carboxylic acids is 2. The van der Waals surface area contributed by atoms with Gasteiger partial charge in [0, 0.05) is 25.2 Å². The number of fused-ring (bicyclic) bond motifs is 1. The van der Waals surface area contributed by atoms with Crippen molar-refractivity contribution in [2.75, 3.05) is 37.4 Å². The maximum absolute atomic E-state index is 13.7. The van der Waals surface area contributed by atoms with E-state index in [1.807, 2.05) is 6.92 Å². The summed E-state index contributed by atoms with van der Waals surface area (Å²) in [6.07, 6.45) is -5.34. The van der Waals surface area contributed by atoms with E-state index in [1.54, 1.807) is 26.0 Å². The highest BCUT2D eigenvalue weighted by Gasteiger charge is 2.36. The molecule has 0 aliphatic carbocycles. The lowest BCUT2D eigenvalue weighted by Gasteiger charge is -2.38. The standard InChI is InChI=1S/C31H35F3N4O6S/c1-19-8-14-24(15-9-19)45(42,43)37(4)17-27-20(2)16-38(21(3)18-39)29(40)25-6-5-7-26(28(25)44-27)36-30(41)35-23-12-10-22(11-13-23)31(32,33)34/h5-15,20-21,27,39H,16-18H2,1-4H3,(H2,35,36,41)/t20-,21+,27+/m0/s1. The van der Waals surface area contributed by atoms with Crippen molar-refractivity contribution in [1.82, 2.24) is 9.21 Å². The summed E-state index contributed by atoms with van der Waals surface area (Å²) < 4.78 is 73.1. The molecule has 0 aromatic heterocycles. The van der Waals surface area contributed by atoms with Crippen molar-refractivity contribution in [2.24, 2.45) is 5.92 Å². The van der Waals surface area contributed by atoms with E-state index in [0.29, 0.717) is 0 Å². The van der Waals surface area contributed by atoms with Gasteiger partial charge in [-0.3, -0.25) is 4.79 Å². The highest BCUT2D eigenvalue weighted by atomic mass is 32.2. The van der Waals surface area contributed by atoms with Crippen LogP contribution in [0.3, 0.4) is 0 Å². The van der Waals surface area contributed by atoms with Gasteiger partial charge < -0.3 is 25.4 Å². The number of hydrogen-bond donors (Lipinski definition) is 3. The predicted molar refractivity (Wildman–Crippen MR) is 163 cm³/mol. The summed E-state index contributed by atoms with van der Waals surface area (Å²) in [5, 5.41) is 14.9. The number of urea groups is 1. The Hall–Kier alpha value is -4.14. The number of rotatable bonds is 8. The smallest absolute Gasteiger partial charge is 0.416 e. The first-order valence-corrected chi connectivity index (χ1v) is 15.6. The zero-order valence-electron chi connectivity index (χ0n) is 25.1. The Morgan fingerprint density at radius 3 is 2.33 bits per heavy atom. The molecule has 0 spiro atoms. The van der Waals surface area contributed by atoms with Gasteiger partial charge in [-0.1, -0.05) is 30.7 Å². The Balaban J connectivity index is 1.65. The second-order valence-electron chi connectivity index (χ2n) is 11.1. The van der Waals surface area contributed by atoms with E-state index in [4.69, 9.17) is 4.74 Å². The van der Waals surface area contributed by atoms with E-state index in [-0.39, 0.29) is 47.3 Å². The van der Waals surface area contributed by atoms with Gasteiger partial charge >= 0.3 is 12.2 Å². The minimum atomic E-state index is -4.53. The average Bonchev–Trinajstić information content (AvgIpc) is 2.98. The Kier molecular flexibility index (Phi) is 10.1. The molecule has 0 fully saturated rings. The number of sulfonamides is 1. The van der Waals surface area contributed by atoms with Crippen LogP contribution in [0.2, 0.25) is 0 Å². The molecule has 10 nitrogen and oxygen atoms in total. The van der Waals surface area contributed by atoms with Crippen LogP contribution in [0, 0.1) is 12.8 Å². The molecule has 242 valence electrons. The van der Waals surface area contributed by atoms with E-state index in [2.05, 4.69) is 10.6 Å². The molecule has 14 heteroatoms. The maximum atomic E-state index is 13.7. The molecule has 0 unspecified atom stereocenters. The molecule has 0 saturated heterocycles. The Morgan fingerprint density at radius 1 is 1.09 bits per heavy atom. The number of alkyl halides is 3. The molecule has 0 bridgehead atoms. The quantitative estimate of drug-likeness (QED) is 0.308. The van der Waals surface area contributed by atoms with Crippen molar-refractivity contribution in [3.05, 3.63) is 83.4 Å². The van der Waals surface area contributed by atoms with Crippen molar-refractivity contribution >= 4 is 33.3 Å². The van der Waals surface area contributed by atoms with Crippen molar-refractivity contribution in [3.8, 4) is 5.75 Å². The molecule has 0 radical (unpaired) electrons. The van der Waals surface area contributed by atoms with E-state index >= 15 is 0 Å². The van der Waals surface area contributed by atoms with E-state index < -0.39 is 51.8 Å². The molecule has 1 aliphatic heterocycles. The number of hydrogen-bond acceptors (Lipinski definition) is 6. The summed E-state index contributed by atoms with van der Waals surface area (Å²) in [6, 6.07) is 13.4. The topological polar surface area (TPSA) is 128 Å². The first-order chi connectivity index (χ1) is 21.1. The van der Waals surface area contributed by atoms with Crippen LogP contribution in [0.25, 0.3) is 0 Å². The van der Waals surface area contributed by atoms with Gasteiger partial charge in [-0.25, -0.2) is 13.2 Å². The van der Waals surface area contributed by atoms with E-state index in [9.17, 15) is 36.3 Å². The number of ether oxygens (including phenoxy) is 1. The largest absolute Gasteiger partial charge is 0.486 e. The van der Waals surface area contributed by atoms with Crippen LogP contribution >= 0.6 is 0 Å². The summed E-state index contributed by atoms with van der Waals surface area (Å²) in [5.74, 6) is -0.914. The molecule has 3 amide bonds. The van der Waals surface area contributed by atoms with Gasteiger partial charge in [0.05, 0.1) is 40.9 Å². The number of benzene rings is 3. The molecule has 1 aliphatic rings. The fourth-order valence-corrected chi connectivity index (χ4v) is 6.01. The molecule has 3 atom stereocenters. The molecule has 3 aromatic carbocycles. The molecule has 1 heterocycles. The van der Waals surface area contributed by atoms with Gasteiger partial charge in [-0.15, -0.1) is 0 Å². The van der Waals surface area contributed by atoms with Gasteiger partial charge in [-0.05, 0) is 62.4 Å². The van der Waals surface area contributed by atoms with Gasteiger partial charge in [0.15, 0.2) is 5.75 Å². The Labute approximate surface area is 259 Å². The number of para-hydroxylation sites is 1. The average molecular weight is 649 g/mol. The zero-order chi connectivity index (χ0) is 33.1. The number of carbonyl (C=O) groups is 2. The van der Waals surface area contributed by atoms with Gasteiger partial charge in [0.1, 0.15) is 6.10 Å². The number of likely N-dealkylation sites (N-methyl/N-ethyl adjacent to an activating group) is 1. The number of amides is 3. The number of anilines is 2. The molecule has 3 N–H and O–H groups in total. The molecule has 45 heavy (non-hydrogen) atoms. The fourth-order valence-electron chi connectivity index (χ4n) is 4.83. The molecule has 4 rings (SSSR count). The first-order valence-electron chi connectivity index (χ1n) is 14.1. The zero-order valence-corrected chi connectivity index (χ0v) is 25.9. The third kappa shape index (κ3) is 7.75. The maximum Gasteiger partial charge on any atom is 0.416 e. The van der Waals surface area contributed by atoms with Crippen molar-refractivity contribution in [2.45, 2.75) is 44.0 Å². The summed E-state index contributed by atoms with van der Waals surface area (Å²) in [5.41, 5.74) is 0.263. The fraction of sp³-hybridized carbons (Fsp3) is 0.355. The van der Waals surface area contributed by atoms with Crippen molar-refractivity contribution in [3.63, 3.8) is 0 Å².